The van der Waals surface area contributed by atoms with Crippen molar-refractivity contribution in [2.24, 2.45) is 9.98 Å². The van der Waals surface area contributed by atoms with Crippen LogP contribution in [-0.4, -0.2) is 29.0 Å². The molecule has 1 unspecified atom stereocenters. The lowest BCUT2D eigenvalue weighted by molar-refractivity contribution is 0.281. The molecule has 0 fully saturated rings. The first-order valence-corrected chi connectivity index (χ1v) is 6.89. The Morgan fingerprint density at radius 2 is 1.61 bits per heavy atom. The standard InChI is InChI=1S/C17H14N2O4/c20-8-7-15(12-1-4-14(5-2-12)18-10-21)13-3-6-16(19-11-22)17(23)9-13/h1-6,9,15,20,23H,7-8H2. The molecule has 2 N–H and O–H groups in total. The number of aromatic hydroxyl groups is 1. The van der Waals surface area contributed by atoms with E-state index in [9.17, 15) is 19.8 Å². The Morgan fingerprint density at radius 1 is 0.957 bits per heavy atom. The van der Waals surface area contributed by atoms with Crippen LogP contribution in [0.1, 0.15) is 23.5 Å². The predicted molar refractivity (Wildman–Crippen MR) is 83.7 cm³/mol. The van der Waals surface area contributed by atoms with E-state index in [1.165, 1.54) is 24.3 Å². The number of aliphatic imine (C=N–C) groups is 2. The fourth-order valence-corrected chi connectivity index (χ4v) is 2.39. The van der Waals surface area contributed by atoms with Crippen molar-refractivity contribution in [2.45, 2.75) is 12.3 Å². The third-order valence-electron chi connectivity index (χ3n) is 3.46. The molecule has 0 spiro atoms. The van der Waals surface area contributed by atoms with Gasteiger partial charge in [0.15, 0.2) is 0 Å². The predicted octanol–water partition coefficient (Wildman–Crippen LogP) is 2.84. The molecule has 6 heteroatoms. The molecule has 0 bridgehead atoms. The topological polar surface area (TPSA) is 99.3 Å². The number of isocyanates is 2. The fraction of sp³-hybridized carbons (Fsp3) is 0.176. The first-order chi connectivity index (χ1) is 11.2. The van der Waals surface area contributed by atoms with E-state index in [0.717, 1.165) is 11.1 Å². The first kappa shape index (κ1) is 16.3. The Hall–Kier alpha value is -3.04. The van der Waals surface area contributed by atoms with Gasteiger partial charge in [-0.05, 0) is 41.8 Å². The second-order valence-electron chi connectivity index (χ2n) is 4.81. The highest BCUT2D eigenvalue weighted by Crippen LogP contribution is 2.34. The van der Waals surface area contributed by atoms with Crippen LogP contribution in [0.2, 0.25) is 0 Å². The van der Waals surface area contributed by atoms with Crippen LogP contribution < -0.4 is 0 Å². The Labute approximate surface area is 132 Å². The summed E-state index contributed by atoms with van der Waals surface area (Å²) < 4.78 is 0. The third kappa shape index (κ3) is 3.99. The van der Waals surface area contributed by atoms with Crippen LogP contribution in [0.3, 0.4) is 0 Å². The summed E-state index contributed by atoms with van der Waals surface area (Å²) in [5.41, 5.74) is 2.30. The number of rotatable bonds is 6. The lowest BCUT2D eigenvalue weighted by Gasteiger charge is -2.17. The summed E-state index contributed by atoms with van der Waals surface area (Å²) in [7, 11) is 0. The molecule has 0 aliphatic rings. The number of benzene rings is 2. The van der Waals surface area contributed by atoms with Gasteiger partial charge < -0.3 is 10.2 Å². The number of hydrogen-bond donors (Lipinski definition) is 2. The van der Waals surface area contributed by atoms with E-state index >= 15 is 0 Å². The summed E-state index contributed by atoms with van der Waals surface area (Å²) in [6.07, 6.45) is 3.31. The monoisotopic (exact) mass is 310 g/mol. The van der Waals surface area contributed by atoms with Crippen LogP contribution in [0.25, 0.3) is 0 Å². The van der Waals surface area contributed by atoms with Gasteiger partial charge in [0.2, 0.25) is 12.2 Å². The molecule has 2 rings (SSSR count). The molecule has 0 aromatic heterocycles. The second-order valence-corrected chi connectivity index (χ2v) is 4.81. The van der Waals surface area contributed by atoms with Crippen LogP contribution >= 0.6 is 0 Å². The molecular weight excluding hydrogens is 296 g/mol. The molecule has 0 saturated heterocycles. The van der Waals surface area contributed by atoms with Crippen molar-refractivity contribution in [1.82, 2.24) is 0 Å². The molecule has 6 nitrogen and oxygen atoms in total. The normalized spacial score (nSPS) is 11.2. The summed E-state index contributed by atoms with van der Waals surface area (Å²) in [5, 5.41) is 19.2. The molecule has 0 aliphatic carbocycles. The molecule has 2 aromatic carbocycles. The van der Waals surface area contributed by atoms with E-state index in [-0.39, 0.29) is 24.0 Å². The average Bonchev–Trinajstić information content (AvgIpc) is 2.56. The van der Waals surface area contributed by atoms with E-state index in [1.54, 1.807) is 30.3 Å². The van der Waals surface area contributed by atoms with Gasteiger partial charge >= 0.3 is 0 Å². The summed E-state index contributed by atoms with van der Waals surface area (Å²) in [5.74, 6) is -0.287. The van der Waals surface area contributed by atoms with E-state index in [2.05, 4.69) is 9.98 Å². The lowest BCUT2D eigenvalue weighted by atomic mass is 9.88. The number of phenolic OH excluding ortho intramolecular Hbond substituents is 1. The van der Waals surface area contributed by atoms with Crippen molar-refractivity contribution in [1.29, 1.82) is 0 Å². The maximum Gasteiger partial charge on any atom is 0.240 e. The highest BCUT2D eigenvalue weighted by Gasteiger charge is 2.15. The van der Waals surface area contributed by atoms with Gasteiger partial charge in [-0.2, -0.15) is 9.98 Å². The minimum Gasteiger partial charge on any atom is -0.506 e. The van der Waals surface area contributed by atoms with Gasteiger partial charge in [0, 0.05) is 12.5 Å². The second kappa shape index (κ2) is 7.82. The van der Waals surface area contributed by atoms with Gasteiger partial charge in [-0.15, -0.1) is 0 Å². The van der Waals surface area contributed by atoms with Crippen molar-refractivity contribution in [2.75, 3.05) is 6.61 Å². The van der Waals surface area contributed by atoms with Gasteiger partial charge in [0.1, 0.15) is 11.4 Å². The molecule has 116 valence electrons. The molecule has 0 radical (unpaired) electrons. The highest BCUT2D eigenvalue weighted by atomic mass is 16.3. The van der Waals surface area contributed by atoms with Gasteiger partial charge in [-0.3, -0.25) is 0 Å². The zero-order chi connectivity index (χ0) is 16.7. The number of carbonyl (C=O) groups excluding carboxylic acids is 2. The van der Waals surface area contributed by atoms with Crippen LogP contribution in [0.5, 0.6) is 5.75 Å². The zero-order valence-corrected chi connectivity index (χ0v) is 12.1. The van der Waals surface area contributed by atoms with Crippen LogP contribution in [0.15, 0.2) is 52.4 Å². The van der Waals surface area contributed by atoms with Crippen molar-refractivity contribution in [3.8, 4) is 5.75 Å². The van der Waals surface area contributed by atoms with Gasteiger partial charge in [0.05, 0.1) is 5.69 Å². The maximum absolute atomic E-state index is 10.3. The van der Waals surface area contributed by atoms with E-state index < -0.39 is 0 Å². The highest BCUT2D eigenvalue weighted by molar-refractivity contribution is 5.59. The fourth-order valence-electron chi connectivity index (χ4n) is 2.39. The Kier molecular flexibility index (Phi) is 5.56. The van der Waals surface area contributed by atoms with Crippen molar-refractivity contribution in [3.63, 3.8) is 0 Å². The Balaban J connectivity index is 2.39. The Bertz CT molecular complexity index is 774. The lowest BCUT2D eigenvalue weighted by Crippen LogP contribution is -2.03. The molecule has 0 aliphatic heterocycles. The minimum atomic E-state index is -0.158. The molecule has 1 atom stereocenters. The molecule has 0 amide bonds. The van der Waals surface area contributed by atoms with Crippen molar-refractivity contribution >= 4 is 23.5 Å². The van der Waals surface area contributed by atoms with E-state index in [0.29, 0.717) is 12.1 Å². The number of aliphatic hydroxyl groups is 1. The van der Waals surface area contributed by atoms with E-state index in [1.807, 2.05) is 0 Å². The minimum absolute atomic E-state index is 0.0338. The smallest absolute Gasteiger partial charge is 0.240 e. The third-order valence-corrected chi connectivity index (χ3v) is 3.46. The summed E-state index contributed by atoms with van der Waals surface area (Å²) >= 11 is 0. The van der Waals surface area contributed by atoms with Crippen LogP contribution in [0, 0.1) is 0 Å². The molecule has 23 heavy (non-hydrogen) atoms. The zero-order valence-electron chi connectivity index (χ0n) is 12.1. The molecule has 0 saturated carbocycles. The Morgan fingerprint density at radius 3 is 2.17 bits per heavy atom. The summed E-state index contributed by atoms with van der Waals surface area (Å²) in [4.78, 5) is 27.5. The first-order valence-electron chi connectivity index (χ1n) is 6.89. The number of hydrogen-bond acceptors (Lipinski definition) is 6. The van der Waals surface area contributed by atoms with E-state index in [4.69, 9.17) is 0 Å². The molecule has 2 aromatic rings. The van der Waals surface area contributed by atoms with Gasteiger partial charge in [-0.1, -0.05) is 18.2 Å². The van der Waals surface area contributed by atoms with Crippen LogP contribution in [-0.2, 0) is 9.59 Å². The number of aliphatic hydroxyl groups excluding tert-OH is 1. The largest absolute Gasteiger partial charge is 0.506 e. The van der Waals surface area contributed by atoms with Crippen LogP contribution in [0.4, 0.5) is 11.4 Å². The molecular formula is C17H14N2O4. The number of phenols is 1. The summed E-state index contributed by atoms with van der Waals surface area (Å²) in [6, 6.07) is 11.7. The number of nitrogens with zero attached hydrogens (tertiary/aromatic N) is 2. The SMILES string of the molecule is O=C=Nc1ccc(C(CCO)c2ccc(N=C=O)c(O)c2)cc1. The van der Waals surface area contributed by atoms with Gasteiger partial charge in [0.25, 0.3) is 0 Å². The van der Waals surface area contributed by atoms with Crippen molar-refractivity contribution < 1.29 is 19.8 Å². The maximum atomic E-state index is 10.3. The summed E-state index contributed by atoms with van der Waals surface area (Å²) in [6.45, 7) is -0.0338. The van der Waals surface area contributed by atoms with Crippen molar-refractivity contribution in [3.05, 3.63) is 53.6 Å². The molecule has 0 heterocycles. The average molecular weight is 310 g/mol. The quantitative estimate of drug-likeness (QED) is 0.633. The van der Waals surface area contributed by atoms with Gasteiger partial charge in [-0.25, -0.2) is 9.59 Å².